The number of carbonyl (C=O) groups is 1. The van der Waals surface area contributed by atoms with Crippen molar-refractivity contribution in [3.8, 4) is 16.9 Å². The molecule has 22 heavy (non-hydrogen) atoms. The minimum absolute atomic E-state index is 0.296. The smallest absolute Gasteiger partial charge is 0.343 e. The second kappa shape index (κ2) is 5.15. The normalized spacial score (nSPS) is 11.6. The predicted molar refractivity (Wildman–Crippen MR) is 86.1 cm³/mol. The van der Waals surface area contributed by atoms with E-state index in [0.29, 0.717) is 11.3 Å². The summed E-state index contributed by atoms with van der Waals surface area (Å²) in [6.07, 6.45) is 0.783. The molecule has 0 saturated heterocycles. The Balaban J connectivity index is 1.72. The van der Waals surface area contributed by atoms with Crippen LogP contribution in [0.1, 0.15) is 21.5 Å². The van der Waals surface area contributed by atoms with Crippen LogP contribution in [0.3, 0.4) is 0 Å². The van der Waals surface area contributed by atoms with E-state index < -0.39 is 0 Å². The number of benzene rings is 3. The maximum absolute atomic E-state index is 12.5. The molecular weight excluding hydrogens is 272 g/mol. The van der Waals surface area contributed by atoms with E-state index in [1.54, 1.807) is 12.1 Å². The SMILES string of the molecule is O=C(Oc1ccccc1)c1cccc2c1Cc1ccccc1-2. The van der Waals surface area contributed by atoms with Gasteiger partial charge in [-0.3, -0.25) is 0 Å². The monoisotopic (exact) mass is 286 g/mol. The van der Waals surface area contributed by atoms with E-state index in [0.717, 1.165) is 17.5 Å². The van der Waals surface area contributed by atoms with Gasteiger partial charge in [0.1, 0.15) is 5.75 Å². The standard InChI is InChI=1S/C20H14O2/c21-20(22-15-8-2-1-3-9-15)18-12-6-11-17-16-10-5-4-7-14(16)13-19(17)18/h1-12H,13H2. The minimum Gasteiger partial charge on any atom is -0.423 e. The maximum Gasteiger partial charge on any atom is 0.343 e. The van der Waals surface area contributed by atoms with Crippen molar-refractivity contribution in [2.75, 3.05) is 0 Å². The van der Waals surface area contributed by atoms with Gasteiger partial charge in [0.2, 0.25) is 0 Å². The van der Waals surface area contributed by atoms with Crippen LogP contribution in [-0.4, -0.2) is 5.97 Å². The molecule has 0 amide bonds. The Hall–Kier alpha value is -2.87. The van der Waals surface area contributed by atoms with Crippen LogP contribution in [0.15, 0.2) is 72.8 Å². The van der Waals surface area contributed by atoms with Gasteiger partial charge < -0.3 is 4.74 Å². The Morgan fingerprint density at radius 1 is 0.773 bits per heavy atom. The quantitative estimate of drug-likeness (QED) is 0.401. The average Bonchev–Trinajstić information content (AvgIpc) is 2.94. The highest BCUT2D eigenvalue weighted by Crippen LogP contribution is 2.38. The molecule has 2 heteroatoms. The number of esters is 1. The van der Waals surface area contributed by atoms with E-state index in [2.05, 4.69) is 18.2 Å². The molecule has 3 aromatic rings. The number of ether oxygens (including phenoxy) is 1. The lowest BCUT2D eigenvalue weighted by molar-refractivity contribution is 0.0734. The second-order valence-electron chi connectivity index (χ2n) is 5.37. The summed E-state index contributed by atoms with van der Waals surface area (Å²) in [6, 6.07) is 23.3. The molecule has 0 heterocycles. The lowest BCUT2D eigenvalue weighted by Crippen LogP contribution is -2.11. The molecule has 1 aliphatic carbocycles. The van der Waals surface area contributed by atoms with Gasteiger partial charge in [0, 0.05) is 0 Å². The van der Waals surface area contributed by atoms with Crippen LogP contribution in [0, 0.1) is 0 Å². The molecule has 0 saturated carbocycles. The number of rotatable bonds is 2. The number of carbonyl (C=O) groups excluding carboxylic acids is 1. The van der Waals surface area contributed by atoms with Crippen LogP contribution in [0.25, 0.3) is 11.1 Å². The molecule has 0 atom stereocenters. The minimum atomic E-state index is -0.296. The van der Waals surface area contributed by atoms with Gasteiger partial charge in [0.15, 0.2) is 0 Å². The van der Waals surface area contributed by atoms with Crippen LogP contribution in [-0.2, 0) is 6.42 Å². The van der Waals surface area contributed by atoms with Crippen LogP contribution < -0.4 is 4.74 Å². The lowest BCUT2D eigenvalue weighted by Gasteiger charge is -2.08. The van der Waals surface area contributed by atoms with E-state index >= 15 is 0 Å². The van der Waals surface area contributed by atoms with Gasteiger partial charge in [-0.25, -0.2) is 4.79 Å². The van der Waals surface area contributed by atoms with E-state index in [9.17, 15) is 4.79 Å². The van der Waals surface area contributed by atoms with Crippen molar-refractivity contribution in [1.29, 1.82) is 0 Å². The molecule has 0 bridgehead atoms. The summed E-state index contributed by atoms with van der Waals surface area (Å²) in [5, 5.41) is 0. The van der Waals surface area contributed by atoms with E-state index in [4.69, 9.17) is 4.74 Å². The number of para-hydroxylation sites is 1. The molecule has 4 rings (SSSR count). The first kappa shape index (κ1) is 12.8. The van der Waals surface area contributed by atoms with Gasteiger partial charge >= 0.3 is 5.97 Å². The first-order valence-corrected chi connectivity index (χ1v) is 7.30. The molecule has 0 radical (unpaired) electrons. The van der Waals surface area contributed by atoms with Crippen molar-refractivity contribution in [1.82, 2.24) is 0 Å². The van der Waals surface area contributed by atoms with Crippen LogP contribution in [0.2, 0.25) is 0 Å². The Morgan fingerprint density at radius 3 is 2.36 bits per heavy atom. The van der Waals surface area contributed by atoms with E-state index in [1.807, 2.05) is 42.5 Å². The Labute approximate surface area is 129 Å². The highest BCUT2D eigenvalue weighted by Gasteiger charge is 2.24. The third-order valence-electron chi connectivity index (χ3n) is 4.02. The molecular formula is C20H14O2. The van der Waals surface area contributed by atoms with Crippen LogP contribution in [0.4, 0.5) is 0 Å². The molecule has 0 N–H and O–H groups in total. The van der Waals surface area contributed by atoms with Crippen molar-refractivity contribution < 1.29 is 9.53 Å². The molecule has 0 aliphatic heterocycles. The van der Waals surface area contributed by atoms with Gasteiger partial charge in [-0.2, -0.15) is 0 Å². The zero-order valence-electron chi connectivity index (χ0n) is 12.0. The van der Waals surface area contributed by atoms with Gasteiger partial charge in [0.25, 0.3) is 0 Å². The van der Waals surface area contributed by atoms with E-state index in [1.165, 1.54) is 11.1 Å². The fourth-order valence-electron chi connectivity index (χ4n) is 3.00. The fraction of sp³-hybridized carbons (Fsp3) is 0.0500. The van der Waals surface area contributed by atoms with Crippen LogP contribution >= 0.6 is 0 Å². The Kier molecular flexibility index (Phi) is 3.01. The van der Waals surface area contributed by atoms with Gasteiger partial charge in [-0.15, -0.1) is 0 Å². The van der Waals surface area contributed by atoms with Crippen molar-refractivity contribution >= 4 is 5.97 Å². The summed E-state index contributed by atoms with van der Waals surface area (Å²) in [5.41, 5.74) is 5.32. The van der Waals surface area contributed by atoms with Crippen molar-refractivity contribution in [2.45, 2.75) is 6.42 Å². The molecule has 0 unspecified atom stereocenters. The largest absolute Gasteiger partial charge is 0.423 e. The summed E-state index contributed by atoms with van der Waals surface area (Å²) in [4.78, 5) is 12.5. The fourth-order valence-corrected chi connectivity index (χ4v) is 3.00. The number of fused-ring (bicyclic) bond motifs is 3. The summed E-state index contributed by atoms with van der Waals surface area (Å²) in [5.74, 6) is 0.275. The lowest BCUT2D eigenvalue weighted by atomic mass is 10.0. The molecule has 0 spiro atoms. The first-order chi connectivity index (χ1) is 10.8. The van der Waals surface area contributed by atoms with E-state index in [-0.39, 0.29) is 5.97 Å². The first-order valence-electron chi connectivity index (χ1n) is 7.30. The van der Waals surface area contributed by atoms with Crippen molar-refractivity contribution in [3.63, 3.8) is 0 Å². The summed E-state index contributed by atoms with van der Waals surface area (Å²) in [6.45, 7) is 0. The molecule has 106 valence electrons. The third-order valence-corrected chi connectivity index (χ3v) is 4.02. The van der Waals surface area contributed by atoms with Crippen molar-refractivity contribution in [2.24, 2.45) is 0 Å². The zero-order chi connectivity index (χ0) is 14.9. The highest BCUT2D eigenvalue weighted by molar-refractivity contribution is 5.96. The number of hydrogen-bond donors (Lipinski definition) is 0. The number of hydrogen-bond acceptors (Lipinski definition) is 2. The molecule has 0 fully saturated rings. The second-order valence-corrected chi connectivity index (χ2v) is 5.37. The summed E-state index contributed by atoms with van der Waals surface area (Å²) < 4.78 is 5.49. The summed E-state index contributed by atoms with van der Waals surface area (Å²) >= 11 is 0. The topological polar surface area (TPSA) is 26.3 Å². The molecule has 2 nitrogen and oxygen atoms in total. The highest BCUT2D eigenvalue weighted by atomic mass is 16.5. The predicted octanol–water partition coefficient (Wildman–Crippen LogP) is 4.48. The zero-order valence-corrected chi connectivity index (χ0v) is 12.0. The van der Waals surface area contributed by atoms with Gasteiger partial charge in [-0.05, 0) is 46.9 Å². The molecule has 3 aromatic carbocycles. The molecule has 0 aromatic heterocycles. The summed E-state index contributed by atoms with van der Waals surface area (Å²) in [7, 11) is 0. The Morgan fingerprint density at radius 2 is 1.50 bits per heavy atom. The molecule has 1 aliphatic rings. The maximum atomic E-state index is 12.5. The van der Waals surface area contributed by atoms with Gasteiger partial charge in [-0.1, -0.05) is 54.6 Å². The third kappa shape index (κ3) is 2.09. The van der Waals surface area contributed by atoms with Crippen LogP contribution in [0.5, 0.6) is 5.75 Å². The van der Waals surface area contributed by atoms with Gasteiger partial charge in [0.05, 0.1) is 5.56 Å². The average molecular weight is 286 g/mol. The van der Waals surface area contributed by atoms with Crippen molar-refractivity contribution in [3.05, 3.63) is 89.5 Å². The Bertz CT molecular complexity index is 851.